The molecule has 132 valence electrons. The van der Waals surface area contributed by atoms with E-state index in [2.05, 4.69) is 17.3 Å². The number of hydrogen-bond donors (Lipinski definition) is 1. The smallest absolute Gasteiger partial charge is 0.279 e. The van der Waals surface area contributed by atoms with Crippen molar-refractivity contribution >= 4 is 21.5 Å². The number of rotatable bonds is 5. The van der Waals surface area contributed by atoms with Crippen LogP contribution in [0.15, 0.2) is 4.99 Å². The van der Waals surface area contributed by atoms with Crippen molar-refractivity contribution in [3.63, 3.8) is 0 Å². The Labute approximate surface area is 139 Å². The maximum Gasteiger partial charge on any atom is 0.279 e. The van der Waals surface area contributed by atoms with Crippen LogP contribution in [0.25, 0.3) is 0 Å². The molecule has 1 saturated carbocycles. The lowest BCUT2D eigenvalue weighted by molar-refractivity contribution is -0.119. The van der Waals surface area contributed by atoms with E-state index in [0.717, 1.165) is 12.3 Å². The van der Waals surface area contributed by atoms with E-state index < -0.39 is 9.84 Å². The van der Waals surface area contributed by atoms with Gasteiger partial charge in [-0.15, -0.1) is 0 Å². The zero-order valence-electron chi connectivity index (χ0n) is 14.3. The van der Waals surface area contributed by atoms with Gasteiger partial charge in [0.05, 0.1) is 17.2 Å². The van der Waals surface area contributed by atoms with Crippen LogP contribution in [-0.2, 0) is 14.6 Å². The molecule has 6 nitrogen and oxygen atoms in total. The van der Waals surface area contributed by atoms with Crippen molar-refractivity contribution in [2.75, 3.05) is 24.6 Å². The predicted molar refractivity (Wildman–Crippen MR) is 92.1 cm³/mol. The summed E-state index contributed by atoms with van der Waals surface area (Å²) in [5.74, 6) is 0.716. The summed E-state index contributed by atoms with van der Waals surface area (Å²) in [6.45, 7) is 4.49. The van der Waals surface area contributed by atoms with Crippen LogP contribution in [0.5, 0.6) is 0 Å². The summed E-state index contributed by atoms with van der Waals surface area (Å²) in [5.41, 5.74) is 3.24. The van der Waals surface area contributed by atoms with Crippen LogP contribution in [0.1, 0.15) is 52.4 Å². The zero-order chi connectivity index (χ0) is 16.9. The van der Waals surface area contributed by atoms with Crippen molar-refractivity contribution in [2.45, 2.75) is 58.4 Å². The van der Waals surface area contributed by atoms with E-state index in [4.69, 9.17) is 0 Å². The SMILES string of the molecule is CC(=NC(C)CC1CCCCC1)C(=O)NN1CCS(=O)(=O)CC1. The second kappa shape index (κ2) is 8.24. The average molecular weight is 343 g/mol. The number of nitrogens with zero attached hydrogens (tertiary/aromatic N) is 2. The zero-order valence-corrected chi connectivity index (χ0v) is 15.1. The van der Waals surface area contributed by atoms with Gasteiger partial charge in [-0.05, 0) is 26.2 Å². The summed E-state index contributed by atoms with van der Waals surface area (Å²) >= 11 is 0. The average Bonchev–Trinajstić information content (AvgIpc) is 2.50. The van der Waals surface area contributed by atoms with Crippen molar-refractivity contribution in [3.8, 4) is 0 Å². The fraction of sp³-hybridized carbons (Fsp3) is 0.875. The minimum atomic E-state index is -2.93. The Bertz CT molecular complexity index is 525. The van der Waals surface area contributed by atoms with Gasteiger partial charge in [0, 0.05) is 19.1 Å². The maximum absolute atomic E-state index is 12.2. The van der Waals surface area contributed by atoms with Gasteiger partial charge in [-0.2, -0.15) is 0 Å². The highest BCUT2D eigenvalue weighted by Gasteiger charge is 2.23. The van der Waals surface area contributed by atoms with Crippen LogP contribution < -0.4 is 5.43 Å². The number of nitrogens with one attached hydrogen (secondary N) is 1. The molecule has 1 amide bonds. The molecule has 2 rings (SSSR count). The highest BCUT2D eigenvalue weighted by molar-refractivity contribution is 7.91. The van der Waals surface area contributed by atoms with Crippen molar-refractivity contribution < 1.29 is 13.2 Å². The molecule has 0 aromatic heterocycles. The lowest BCUT2D eigenvalue weighted by atomic mass is 9.85. The normalized spacial score (nSPS) is 25.0. The van der Waals surface area contributed by atoms with Gasteiger partial charge in [-0.1, -0.05) is 32.1 Å². The number of sulfone groups is 1. The molecule has 23 heavy (non-hydrogen) atoms. The molecule has 1 N–H and O–H groups in total. The molecule has 1 saturated heterocycles. The summed E-state index contributed by atoms with van der Waals surface area (Å²) in [6, 6.07) is 0.158. The molecule has 1 aliphatic heterocycles. The summed E-state index contributed by atoms with van der Waals surface area (Å²) in [6.07, 6.45) is 7.60. The summed E-state index contributed by atoms with van der Waals surface area (Å²) in [7, 11) is -2.93. The number of carbonyl (C=O) groups excluding carboxylic acids is 1. The molecule has 0 radical (unpaired) electrons. The largest absolute Gasteiger partial charge is 0.284 e. The number of aliphatic imine (C=N–C) groups is 1. The van der Waals surface area contributed by atoms with Crippen LogP contribution in [-0.4, -0.2) is 55.7 Å². The Balaban J connectivity index is 1.78. The molecule has 1 aliphatic carbocycles. The summed E-state index contributed by atoms with van der Waals surface area (Å²) in [5, 5.41) is 1.67. The third-order valence-electron chi connectivity index (χ3n) is 4.75. The Morgan fingerprint density at radius 3 is 2.43 bits per heavy atom. The van der Waals surface area contributed by atoms with Crippen molar-refractivity contribution in [2.24, 2.45) is 10.9 Å². The molecular weight excluding hydrogens is 314 g/mol. The quantitative estimate of drug-likeness (QED) is 0.769. The molecule has 2 aliphatic rings. The summed E-state index contributed by atoms with van der Waals surface area (Å²) in [4.78, 5) is 16.7. The van der Waals surface area contributed by atoms with Gasteiger partial charge in [-0.3, -0.25) is 15.2 Å². The van der Waals surface area contributed by atoms with Crippen molar-refractivity contribution in [1.82, 2.24) is 10.4 Å². The van der Waals surface area contributed by atoms with E-state index in [1.54, 1.807) is 11.9 Å². The van der Waals surface area contributed by atoms with E-state index >= 15 is 0 Å². The molecular formula is C16H29N3O3S. The molecule has 7 heteroatoms. The van der Waals surface area contributed by atoms with Gasteiger partial charge in [0.2, 0.25) is 0 Å². The maximum atomic E-state index is 12.2. The van der Waals surface area contributed by atoms with Crippen molar-refractivity contribution in [3.05, 3.63) is 0 Å². The van der Waals surface area contributed by atoms with E-state index in [9.17, 15) is 13.2 Å². The molecule has 2 fully saturated rings. The Hall–Kier alpha value is -0.950. The first-order valence-electron chi connectivity index (χ1n) is 8.66. The second-order valence-electron chi connectivity index (χ2n) is 6.88. The molecule has 0 spiro atoms. The standard InChI is InChI=1S/C16H29N3O3S/c1-13(12-15-6-4-3-5-7-15)17-14(2)16(20)18-19-8-10-23(21,22)11-9-19/h13,15H,3-12H2,1-2H3,(H,18,20). The molecule has 0 aromatic carbocycles. The van der Waals surface area contributed by atoms with Crippen LogP contribution in [0, 0.1) is 5.92 Å². The van der Waals surface area contributed by atoms with Crippen LogP contribution >= 0.6 is 0 Å². The number of hydrazine groups is 1. The molecule has 0 bridgehead atoms. The number of carbonyl (C=O) groups is 1. The van der Waals surface area contributed by atoms with Crippen LogP contribution in [0.3, 0.4) is 0 Å². The van der Waals surface area contributed by atoms with Gasteiger partial charge in [0.25, 0.3) is 5.91 Å². The first-order valence-corrected chi connectivity index (χ1v) is 10.5. The van der Waals surface area contributed by atoms with Gasteiger partial charge >= 0.3 is 0 Å². The van der Waals surface area contributed by atoms with E-state index in [0.29, 0.717) is 18.8 Å². The monoisotopic (exact) mass is 343 g/mol. The fourth-order valence-corrected chi connectivity index (χ4v) is 4.60. The first-order chi connectivity index (χ1) is 10.9. The molecule has 1 heterocycles. The summed E-state index contributed by atoms with van der Waals surface area (Å²) < 4.78 is 22.8. The van der Waals surface area contributed by atoms with E-state index in [1.165, 1.54) is 32.1 Å². The molecule has 1 unspecified atom stereocenters. The predicted octanol–water partition coefficient (Wildman–Crippen LogP) is 1.57. The molecule has 0 aromatic rings. The topological polar surface area (TPSA) is 78.8 Å². The third-order valence-corrected chi connectivity index (χ3v) is 6.36. The van der Waals surface area contributed by atoms with Gasteiger partial charge in [0.15, 0.2) is 9.84 Å². The van der Waals surface area contributed by atoms with Gasteiger partial charge in [-0.25, -0.2) is 13.4 Å². The van der Waals surface area contributed by atoms with E-state index in [1.807, 2.05) is 0 Å². The third kappa shape index (κ3) is 6.22. The molecule has 1 atom stereocenters. The van der Waals surface area contributed by atoms with Crippen LogP contribution in [0.4, 0.5) is 0 Å². The fourth-order valence-electron chi connectivity index (χ4n) is 3.40. The minimum absolute atomic E-state index is 0.0988. The Kier molecular flexibility index (Phi) is 6.59. The Morgan fingerprint density at radius 1 is 1.22 bits per heavy atom. The first kappa shape index (κ1) is 18.4. The lowest BCUT2D eigenvalue weighted by Crippen LogP contribution is -2.51. The highest BCUT2D eigenvalue weighted by atomic mass is 32.2. The van der Waals surface area contributed by atoms with Crippen molar-refractivity contribution in [1.29, 1.82) is 0 Å². The van der Waals surface area contributed by atoms with Crippen LogP contribution in [0.2, 0.25) is 0 Å². The van der Waals surface area contributed by atoms with Gasteiger partial charge in [0.1, 0.15) is 0 Å². The minimum Gasteiger partial charge on any atom is -0.284 e. The Morgan fingerprint density at radius 2 is 1.83 bits per heavy atom. The second-order valence-corrected chi connectivity index (χ2v) is 9.19. The van der Waals surface area contributed by atoms with E-state index in [-0.39, 0.29) is 23.5 Å². The number of amides is 1. The number of hydrogen-bond acceptors (Lipinski definition) is 5. The lowest BCUT2D eigenvalue weighted by Gasteiger charge is -2.27. The van der Waals surface area contributed by atoms with Gasteiger partial charge < -0.3 is 0 Å². The highest BCUT2D eigenvalue weighted by Crippen LogP contribution is 2.27.